The van der Waals surface area contributed by atoms with Gasteiger partial charge in [0.25, 0.3) is 0 Å². The number of benzene rings is 4. The fourth-order valence-electron chi connectivity index (χ4n) is 7.17. The van der Waals surface area contributed by atoms with E-state index < -0.39 is 16.7 Å². The Hall–Kier alpha value is -4.33. The van der Waals surface area contributed by atoms with E-state index in [1.807, 2.05) is 86.2 Å². The quantitative estimate of drug-likeness (QED) is 0.162. The average molecular weight is 619 g/mol. The number of ether oxygens (including phenoxy) is 2. The second-order valence-corrected chi connectivity index (χ2v) is 14.4. The minimum Gasteiger partial charge on any atom is -0.473 e. The molecule has 2 aliphatic rings. The number of carbonyl (C=O) groups excluding carboxylic acids is 1. The first-order valence-corrected chi connectivity index (χ1v) is 15.9. The molecule has 6 rings (SSSR count). The Bertz CT molecular complexity index is 1720. The molecule has 239 valence electrons. The maximum atomic E-state index is 13.3. The Labute approximate surface area is 272 Å². The first-order chi connectivity index (χ1) is 21.7. The topological polar surface area (TPSA) is 65.2 Å². The first-order valence-electron chi connectivity index (χ1n) is 15.9. The van der Waals surface area contributed by atoms with Crippen molar-refractivity contribution in [1.82, 2.24) is 5.06 Å². The zero-order chi connectivity index (χ0) is 33.0. The molecule has 7 nitrogen and oxygen atoms in total. The van der Waals surface area contributed by atoms with Gasteiger partial charge in [-0.3, -0.25) is 4.79 Å². The number of anilines is 2. The Morgan fingerprint density at radius 1 is 0.783 bits per heavy atom. The molecule has 0 unspecified atom stereocenters. The summed E-state index contributed by atoms with van der Waals surface area (Å²) in [5, 5.41) is 15.9. The number of hydrogen-bond acceptors (Lipinski definition) is 6. The van der Waals surface area contributed by atoms with Crippen LogP contribution in [0, 0.1) is 5.92 Å². The Kier molecular flexibility index (Phi) is 7.90. The van der Waals surface area contributed by atoms with Crippen LogP contribution in [0.25, 0.3) is 16.8 Å². The maximum Gasteiger partial charge on any atom is 0.314 e. The highest BCUT2D eigenvalue weighted by Gasteiger charge is 2.48. The van der Waals surface area contributed by atoms with Crippen molar-refractivity contribution in [2.45, 2.75) is 57.2 Å². The molecule has 4 aromatic rings. The van der Waals surface area contributed by atoms with Crippen molar-refractivity contribution in [3.8, 4) is 11.5 Å². The molecule has 0 saturated carbocycles. The van der Waals surface area contributed by atoms with E-state index in [0.29, 0.717) is 18.6 Å². The van der Waals surface area contributed by atoms with E-state index in [-0.39, 0.29) is 11.9 Å². The van der Waals surface area contributed by atoms with Gasteiger partial charge in [0.05, 0.1) is 5.92 Å². The summed E-state index contributed by atoms with van der Waals surface area (Å²) in [7, 11) is 8.14. The number of piperidine rings is 1. The van der Waals surface area contributed by atoms with Crippen LogP contribution in [-0.4, -0.2) is 50.3 Å². The van der Waals surface area contributed by atoms with Gasteiger partial charge in [-0.25, -0.2) is 0 Å². The van der Waals surface area contributed by atoms with Crippen LogP contribution < -0.4 is 19.3 Å². The smallest absolute Gasteiger partial charge is 0.314 e. The molecule has 4 aromatic carbocycles. The minimum absolute atomic E-state index is 0.292. The van der Waals surface area contributed by atoms with E-state index >= 15 is 0 Å². The van der Waals surface area contributed by atoms with Crippen molar-refractivity contribution in [3.05, 3.63) is 102 Å². The summed E-state index contributed by atoms with van der Waals surface area (Å²) in [5.74, 6) is 0.634. The van der Waals surface area contributed by atoms with Crippen molar-refractivity contribution >= 4 is 34.2 Å². The third-order valence-corrected chi connectivity index (χ3v) is 9.52. The SMILES string of the molecule is CN(C)c1ccc(C2(c3ccc(N(C)C)cc3)C=Cc3c(ccc4cc(OC(=O)C5CC(C)(C)N([O])C(C)(C)C5)ccc34)O2)cc1. The minimum atomic E-state index is -0.812. The summed E-state index contributed by atoms with van der Waals surface area (Å²) >= 11 is 0. The fourth-order valence-corrected chi connectivity index (χ4v) is 7.17. The van der Waals surface area contributed by atoms with Crippen LogP contribution in [0.1, 0.15) is 57.2 Å². The summed E-state index contributed by atoms with van der Waals surface area (Å²) in [5.41, 5.74) is 3.19. The molecule has 0 bridgehead atoms. The first kappa shape index (κ1) is 31.6. The molecule has 0 aromatic heterocycles. The van der Waals surface area contributed by atoms with Gasteiger partial charge in [0.2, 0.25) is 0 Å². The number of rotatable bonds is 6. The van der Waals surface area contributed by atoms with Gasteiger partial charge in [0, 0.05) is 67.3 Å². The van der Waals surface area contributed by atoms with Crippen molar-refractivity contribution in [3.63, 3.8) is 0 Å². The lowest BCUT2D eigenvalue weighted by atomic mass is 9.75. The molecule has 0 atom stereocenters. The summed E-state index contributed by atoms with van der Waals surface area (Å²) in [6, 6.07) is 26.8. The predicted octanol–water partition coefficient (Wildman–Crippen LogP) is 7.84. The number of esters is 1. The van der Waals surface area contributed by atoms with E-state index in [1.165, 1.54) is 0 Å². The third kappa shape index (κ3) is 5.63. The molecule has 0 N–H and O–H groups in total. The van der Waals surface area contributed by atoms with Gasteiger partial charge in [0.15, 0.2) is 5.60 Å². The fraction of sp³-hybridized carbons (Fsp3) is 0.359. The Morgan fingerprint density at radius 3 is 1.85 bits per heavy atom. The van der Waals surface area contributed by atoms with Crippen LogP contribution in [0.15, 0.2) is 84.9 Å². The Morgan fingerprint density at radius 2 is 1.33 bits per heavy atom. The summed E-state index contributed by atoms with van der Waals surface area (Å²) in [6.45, 7) is 7.56. The van der Waals surface area contributed by atoms with Crippen molar-refractivity contribution in [1.29, 1.82) is 0 Å². The monoisotopic (exact) mass is 618 g/mol. The molecular weight excluding hydrogens is 574 g/mol. The van der Waals surface area contributed by atoms with Crippen LogP contribution in [0.5, 0.6) is 11.5 Å². The number of hydrogen-bond donors (Lipinski definition) is 0. The van der Waals surface area contributed by atoms with Crippen LogP contribution in [0.2, 0.25) is 0 Å². The molecule has 0 spiro atoms. The van der Waals surface area contributed by atoms with Gasteiger partial charge in [-0.15, -0.1) is 10.3 Å². The molecule has 1 saturated heterocycles. The maximum absolute atomic E-state index is 13.3. The van der Waals surface area contributed by atoms with Gasteiger partial charge < -0.3 is 19.3 Å². The highest BCUT2D eigenvalue weighted by molar-refractivity contribution is 5.95. The van der Waals surface area contributed by atoms with E-state index in [4.69, 9.17) is 9.47 Å². The van der Waals surface area contributed by atoms with Gasteiger partial charge in [-0.05, 0) is 112 Å². The lowest BCUT2D eigenvalue weighted by Gasteiger charge is -2.49. The standard InChI is InChI=1S/C39H44N3O4/c1-37(2)24-27(25-38(3,4)42(37)44)36(43)45-32-18-19-33-26(23-32)9-20-35-34(33)21-22-39(46-35,28-10-14-30(15-11-28)40(5)6)29-12-16-31(17-13-29)41(7)8/h9-23,27H,24-25H2,1-8H3. The lowest BCUT2D eigenvalue weighted by Crippen LogP contribution is -2.59. The summed E-state index contributed by atoms with van der Waals surface area (Å²) in [6.07, 6.45) is 5.20. The van der Waals surface area contributed by atoms with Crippen LogP contribution in [-0.2, 0) is 15.6 Å². The van der Waals surface area contributed by atoms with Crippen LogP contribution >= 0.6 is 0 Å². The van der Waals surface area contributed by atoms with Gasteiger partial charge in [-0.1, -0.05) is 30.3 Å². The van der Waals surface area contributed by atoms with E-state index in [0.717, 1.165) is 49.7 Å². The van der Waals surface area contributed by atoms with Crippen LogP contribution in [0.4, 0.5) is 11.4 Å². The predicted molar refractivity (Wildman–Crippen MR) is 185 cm³/mol. The summed E-state index contributed by atoms with van der Waals surface area (Å²) < 4.78 is 12.9. The van der Waals surface area contributed by atoms with Gasteiger partial charge >= 0.3 is 5.97 Å². The lowest BCUT2D eigenvalue weighted by molar-refractivity contribution is -0.293. The summed E-state index contributed by atoms with van der Waals surface area (Å²) in [4.78, 5) is 17.5. The zero-order valence-corrected chi connectivity index (χ0v) is 28.1. The Balaban J connectivity index is 1.32. The van der Waals surface area contributed by atoms with E-state index in [9.17, 15) is 10.0 Å². The van der Waals surface area contributed by atoms with Gasteiger partial charge in [0.1, 0.15) is 11.5 Å². The highest BCUT2D eigenvalue weighted by Crippen LogP contribution is 2.45. The molecule has 1 radical (unpaired) electrons. The molecular formula is C39H44N3O4. The van der Waals surface area contributed by atoms with Crippen molar-refractivity contribution in [2.24, 2.45) is 5.92 Å². The second-order valence-electron chi connectivity index (χ2n) is 14.4. The number of nitrogens with zero attached hydrogens (tertiary/aromatic N) is 3. The second kappa shape index (κ2) is 11.5. The molecule has 0 aliphatic carbocycles. The van der Waals surface area contributed by atoms with Crippen molar-refractivity contribution in [2.75, 3.05) is 38.0 Å². The molecule has 1 fully saturated rings. The molecule has 2 heterocycles. The molecule has 46 heavy (non-hydrogen) atoms. The molecule has 7 heteroatoms. The molecule has 0 amide bonds. The highest BCUT2D eigenvalue weighted by atomic mass is 16.5. The number of hydroxylamine groups is 2. The van der Waals surface area contributed by atoms with Gasteiger partial charge in [-0.2, -0.15) is 0 Å². The average Bonchev–Trinajstić information content (AvgIpc) is 3.02. The molecule has 2 aliphatic heterocycles. The van der Waals surface area contributed by atoms with Crippen molar-refractivity contribution < 1.29 is 19.5 Å². The van der Waals surface area contributed by atoms with E-state index in [1.54, 1.807) is 0 Å². The normalized spacial score (nSPS) is 18.5. The number of fused-ring (bicyclic) bond motifs is 3. The largest absolute Gasteiger partial charge is 0.473 e. The zero-order valence-electron chi connectivity index (χ0n) is 28.1. The number of carbonyl (C=O) groups is 1. The third-order valence-electron chi connectivity index (χ3n) is 9.52. The van der Waals surface area contributed by atoms with Crippen LogP contribution in [0.3, 0.4) is 0 Å². The van der Waals surface area contributed by atoms with E-state index in [2.05, 4.69) is 70.5 Å².